The first-order valence-electron chi connectivity index (χ1n) is 12.2. The van der Waals surface area contributed by atoms with Crippen LogP contribution in [0.3, 0.4) is 0 Å². The van der Waals surface area contributed by atoms with Crippen LogP contribution in [0.4, 0.5) is 5.69 Å². The molecule has 0 aliphatic heterocycles. The minimum atomic E-state index is -4.21. The van der Waals surface area contributed by atoms with Crippen LogP contribution in [0.2, 0.25) is 5.02 Å². The fourth-order valence-electron chi connectivity index (χ4n) is 4.15. The van der Waals surface area contributed by atoms with Gasteiger partial charge >= 0.3 is 0 Å². The van der Waals surface area contributed by atoms with Crippen LogP contribution in [0, 0.1) is 0 Å². The molecule has 2 amide bonds. The van der Waals surface area contributed by atoms with Gasteiger partial charge in [0.15, 0.2) is 0 Å². The maximum absolute atomic E-state index is 13.9. The summed E-state index contributed by atoms with van der Waals surface area (Å²) in [5.74, 6) is -0.625. The van der Waals surface area contributed by atoms with E-state index in [1.165, 1.54) is 37.3 Å². The van der Waals surface area contributed by atoms with Gasteiger partial charge in [-0.05, 0) is 48.7 Å². The summed E-state index contributed by atoms with van der Waals surface area (Å²) in [6.07, 6.45) is 0.845. The van der Waals surface area contributed by atoms with Gasteiger partial charge in [0.05, 0.1) is 17.7 Å². The second-order valence-electron chi connectivity index (χ2n) is 8.50. The van der Waals surface area contributed by atoms with Gasteiger partial charge in [-0.2, -0.15) is 0 Å². The van der Waals surface area contributed by atoms with E-state index in [0.717, 1.165) is 9.87 Å². The quantitative estimate of drug-likeness (QED) is 0.361. The van der Waals surface area contributed by atoms with Gasteiger partial charge in [0.25, 0.3) is 10.0 Å². The highest BCUT2D eigenvalue weighted by Crippen LogP contribution is 2.35. The van der Waals surface area contributed by atoms with E-state index in [9.17, 15) is 18.0 Å². The maximum Gasteiger partial charge on any atom is 0.264 e. The lowest BCUT2D eigenvalue weighted by Gasteiger charge is -2.33. The molecule has 0 aromatic heterocycles. The van der Waals surface area contributed by atoms with E-state index in [1.54, 1.807) is 37.3 Å². The van der Waals surface area contributed by atoms with Gasteiger partial charge in [-0.25, -0.2) is 8.42 Å². The van der Waals surface area contributed by atoms with E-state index in [-0.39, 0.29) is 33.8 Å². The smallest absolute Gasteiger partial charge is 0.264 e. The number of carbonyl (C=O) groups excluding carboxylic acids is 2. The Balaban J connectivity index is 2.06. The number of hydrogen-bond acceptors (Lipinski definition) is 5. The number of nitrogens with one attached hydrogen (secondary N) is 1. The van der Waals surface area contributed by atoms with E-state index < -0.39 is 28.5 Å². The van der Waals surface area contributed by atoms with E-state index in [4.69, 9.17) is 16.3 Å². The highest BCUT2D eigenvalue weighted by molar-refractivity contribution is 7.92. The molecular formula is C28H32ClN3O5S. The van der Waals surface area contributed by atoms with Crippen LogP contribution in [-0.2, 0) is 26.0 Å². The Morgan fingerprint density at radius 3 is 2.21 bits per heavy atom. The first-order valence-corrected chi connectivity index (χ1v) is 14.0. The number of carbonyl (C=O) groups is 2. The van der Waals surface area contributed by atoms with Crippen molar-refractivity contribution in [1.82, 2.24) is 10.2 Å². The van der Waals surface area contributed by atoms with Crippen molar-refractivity contribution in [2.45, 2.75) is 30.7 Å². The van der Waals surface area contributed by atoms with Gasteiger partial charge in [-0.15, -0.1) is 0 Å². The van der Waals surface area contributed by atoms with E-state index in [2.05, 4.69) is 5.32 Å². The lowest BCUT2D eigenvalue weighted by atomic mass is 10.1. The van der Waals surface area contributed by atoms with Gasteiger partial charge in [0, 0.05) is 18.6 Å². The number of methoxy groups -OCH3 is 1. The second-order valence-corrected chi connectivity index (χ2v) is 10.8. The van der Waals surface area contributed by atoms with Crippen molar-refractivity contribution in [2.24, 2.45) is 0 Å². The summed E-state index contributed by atoms with van der Waals surface area (Å²) < 4.78 is 34.1. The summed E-state index contributed by atoms with van der Waals surface area (Å²) in [6, 6.07) is 21.2. The molecule has 3 rings (SSSR count). The summed E-state index contributed by atoms with van der Waals surface area (Å²) in [4.78, 5) is 28.1. The van der Waals surface area contributed by atoms with Gasteiger partial charge in [-0.1, -0.05) is 67.1 Å². The molecule has 0 heterocycles. The molecule has 0 saturated heterocycles. The predicted molar refractivity (Wildman–Crippen MR) is 149 cm³/mol. The molecule has 0 radical (unpaired) electrons. The largest absolute Gasteiger partial charge is 0.495 e. The first-order chi connectivity index (χ1) is 18.2. The molecule has 0 spiro atoms. The number of ether oxygens (including phenoxy) is 1. The Morgan fingerprint density at radius 1 is 1.00 bits per heavy atom. The van der Waals surface area contributed by atoms with Crippen LogP contribution in [0.25, 0.3) is 0 Å². The number of likely N-dealkylation sites (N-methyl/N-ethyl adjacent to an activating group) is 1. The van der Waals surface area contributed by atoms with Gasteiger partial charge < -0.3 is 15.0 Å². The normalized spacial score (nSPS) is 11.9. The van der Waals surface area contributed by atoms with Crippen LogP contribution < -0.4 is 14.4 Å². The highest BCUT2D eigenvalue weighted by atomic mass is 35.5. The first kappa shape index (κ1) is 29.0. The standard InChI is InChI=1S/C28H32ClN3O5S/c1-4-24(28(34)30-2)31(18-17-21-11-7-5-8-12-21)27(33)20-32(25-19-22(29)15-16-26(25)37-3)38(35,36)23-13-9-6-10-14-23/h5-16,19,24H,4,17-18,20H2,1-3H3,(H,30,34)/t24-/m0/s1. The molecule has 202 valence electrons. The number of halogens is 1. The summed E-state index contributed by atoms with van der Waals surface area (Å²) in [7, 11) is -1.29. The Hall–Kier alpha value is -3.56. The molecule has 3 aromatic rings. The molecule has 8 nitrogen and oxygen atoms in total. The maximum atomic E-state index is 13.9. The Kier molecular flexibility index (Phi) is 10.2. The number of hydrogen-bond donors (Lipinski definition) is 1. The number of sulfonamides is 1. The van der Waals surface area contributed by atoms with Crippen LogP contribution >= 0.6 is 11.6 Å². The molecule has 0 fully saturated rings. The second kappa shape index (κ2) is 13.3. The van der Waals surface area contributed by atoms with Crippen molar-refractivity contribution in [3.8, 4) is 5.75 Å². The van der Waals surface area contributed by atoms with Gasteiger partial charge in [-0.3, -0.25) is 13.9 Å². The summed E-state index contributed by atoms with van der Waals surface area (Å²) in [6.45, 7) is 1.47. The fraction of sp³-hybridized carbons (Fsp3) is 0.286. The van der Waals surface area contributed by atoms with Crippen LogP contribution in [-0.4, -0.2) is 58.4 Å². The predicted octanol–water partition coefficient (Wildman–Crippen LogP) is 4.14. The summed E-state index contributed by atoms with van der Waals surface area (Å²) in [5, 5.41) is 2.89. The zero-order valence-electron chi connectivity index (χ0n) is 21.6. The highest BCUT2D eigenvalue weighted by Gasteiger charge is 2.34. The molecule has 10 heteroatoms. The van der Waals surface area contributed by atoms with Crippen molar-refractivity contribution < 1.29 is 22.7 Å². The van der Waals surface area contributed by atoms with Crippen molar-refractivity contribution in [1.29, 1.82) is 0 Å². The zero-order valence-corrected chi connectivity index (χ0v) is 23.2. The molecule has 0 unspecified atom stereocenters. The average Bonchev–Trinajstić information content (AvgIpc) is 2.94. The lowest BCUT2D eigenvalue weighted by Crippen LogP contribution is -2.52. The molecule has 1 atom stereocenters. The minimum Gasteiger partial charge on any atom is -0.495 e. The fourth-order valence-corrected chi connectivity index (χ4v) is 5.76. The monoisotopic (exact) mass is 557 g/mol. The van der Waals surface area contributed by atoms with E-state index in [1.807, 2.05) is 30.3 Å². The molecule has 0 saturated carbocycles. The molecule has 0 aliphatic rings. The molecule has 0 aliphatic carbocycles. The topological polar surface area (TPSA) is 96.0 Å². The van der Waals surface area contributed by atoms with Crippen molar-refractivity contribution in [2.75, 3.05) is 31.6 Å². The summed E-state index contributed by atoms with van der Waals surface area (Å²) in [5.41, 5.74) is 1.11. The molecule has 3 aromatic carbocycles. The number of nitrogens with zero attached hydrogens (tertiary/aromatic N) is 2. The number of rotatable bonds is 12. The van der Waals surface area contributed by atoms with Crippen molar-refractivity contribution >= 4 is 39.1 Å². The third-order valence-electron chi connectivity index (χ3n) is 6.14. The number of amides is 2. The molecule has 1 N–H and O–H groups in total. The third-order valence-corrected chi connectivity index (χ3v) is 8.15. The van der Waals surface area contributed by atoms with E-state index >= 15 is 0 Å². The Morgan fingerprint density at radius 2 is 1.63 bits per heavy atom. The Bertz CT molecular complexity index is 1340. The van der Waals surface area contributed by atoms with E-state index in [0.29, 0.717) is 12.8 Å². The third kappa shape index (κ3) is 6.85. The molecular weight excluding hydrogens is 526 g/mol. The number of anilines is 1. The van der Waals surface area contributed by atoms with Crippen LogP contribution in [0.5, 0.6) is 5.75 Å². The SMILES string of the molecule is CC[C@@H](C(=O)NC)N(CCc1ccccc1)C(=O)CN(c1cc(Cl)ccc1OC)S(=O)(=O)c1ccccc1. The van der Waals surface area contributed by atoms with Crippen molar-refractivity contribution in [3.63, 3.8) is 0 Å². The minimum absolute atomic E-state index is 0.00371. The van der Waals surface area contributed by atoms with Crippen LogP contribution in [0.1, 0.15) is 18.9 Å². The van der Waals surface area contributed by atoms with Crippen LogP contribution in [0.15, 0.2) is 83.8 Å². The summed E-state index contributed by atoms with van der Waals surface area (Å²) >= 11 is 6.24. The van der Waals surface area contributed by atoms with Gasteiger partial charge in [0.1, 0.15) is 18.3 Å². The zero-order chi connectivity index (χ0) is 27.7. The van der Waals surface area contributed by atoms with Crippen molar-refractivity contribution in [3.05, 3.63) is 89.4 Å². The molecule has 0 bridgehead atoms. The average molecular weight is 558 g/mol. The molecule has 38 heavy (non-hydrogen) atoms. The lowest BCUT2D eigenvalue weighted by molar-refractivity contribution is -0.139. The number of benzene rings is 3. The Labute approximate surface area is 229 Å². The van der Waals surface area contributed by atoms with Gasteiger partial charge in [0.2, 0.25) is 11.8 Å².